The maximum Gasteiger partial charge on any atom is 0.306 e. The molecular weight excluding hydrogens is 376 g/mol. The summed E-state index contributed by atoms with van der Waals surface area (Å²) in [4.78, 5) is 37.5. The third kappa shape index (κ3) is 3.45. The number of anilines is 1. The highest BCUT2D eigenvalue weighted by molar-refractivity contribution is 9.10. The van der Waals surface area contributed by atoms with Crippen LogP contribution in [0.4, 0.5) is 5.69 Å². The molecule has 0 bridgehead atoms. The lowest BCUT2D eigenvalue weighted by atomic mass is 10.0. The van der Waals surface area contributed by atoms with E-state index in [1.165, 1.54) is 0 Å². The van der Waals surface area contributed by atoms with E-state index in [0.717, 1.165) is 10.2 Å². The van der Waals surface area contributed by atoms with Crippen molar-refractivity contribution in [2.75, 3.05) is 11.4 Å². The standard InChI is InChI=1S/C17H19BrN2O4/c18-12-2-1-3-13(9-12)20-7-6-14(16(20)22)19-15(21)10-4-5-11(8-10)17(23)24/h1-3,9-11,14H,4-8H2,(H,19,21)(H,23,24)/t10-,11+,14?/m0/s1. The summed E-state index contributed by atoms with van der Waals surface area (Å²) in [6.45, 7) is 0.558. The van der Waals surface area contributed by atoms with Crippen molar-refractivity contribution in [2.24, 2.45) is 11.8 Å². The van der Waals surface area contributed by atoms with Crippen molar-refractivity contribution in [3.8, 4) is 0 Å². The summed E-state index contributed by atoms with van der Waals surface area (Å²) < 4.78 is 0.894. The predicted molar refractivity (Wildman–Crippen MR) is 91.5 cm³/mol. The van der Waals surface area contributed by atoms with Crippen molar-refractivity contribution in [1.29, 1.82) is 0 Å². The van der Waals surface area contributed by atoms with Gasteiger partial charge in [-0.25, -0.2) is 0 Å². The molecule has 2 fully saturated rings. The van der Waals surface area contributed by atoms with Gasteiger partial charge in [0.05, 0.1) is 5.92 Å². The third-order valence-electron chi connectivity index (χ3n) is 4.79. The second-order valence-electron chi connectivity index (χ2n) is 6.36. The van der Waals surface area contributed by atoms with Crippen LogP contribution in [0.3, 0.4) is 0 Å². The molecule has 7 heteroatoms. The highest BCUT2D eigenvalue weighted by Gasteiger charge is 2.38. The molecule has 0 aromatic heterocycles. The largest absolute Gasteiger partial charge is 0.481 e. The molecule has 1 unspecified atom stereocenters. The molecule has 2 N–H and O–H groups in total. The number of aliphatic carboxylic acids is 1. The summed E-state index contributed by atoms with van der Waals surface area (Å²) in [5.41, 5.74) is 0.804. The molecule has 24 heavy (non-hydrogen) atoms. The van der Waals surface area contributed by atoms with Crippen molar-refractivity contribution in [1.82, 2.24) is 5.32 Å². The second-order valence-corrected chi connectivity index (χ2v) is 7.28. The molecule has 6 nitrogen and oxygen atoms in total. The molecule has 1 aromatic rings. The molecule has 1 saturated heterocycles. The van der Waals surface area contributed by atoms with Crippen molar-refractivity contribution in [3.63, 3.8) is 0 Å². The first-order chi connectivity index (χ1) is 11.5. The molecule has 3 rings (SSSR count). The number of halogens is 1. The van der Waals surface area contributed by atoms with Crippen LogP contribution in [-0.4, -0.2) is 35.5 Å². The van der Waals surface area contributed by atoms with Crippen LogP contribution in [0.5, 0.6) is 0 Å². The molecule has 2 amide bonds. The molecule has 1 saturated carbocycles. The Morgan fingerprint density at radius 3 is 2.62 bits per heavy atom. The minimum Gasteiger partial charge on any atom is -0.481 e. The lowest BCUT2D eigenvalue weighted by Crippen LogP contribution is -2.43. The number of carbonyl (C=O) groups excluding carboxylic acids is 2. The van der Waals surface area contributed by atoms with Crippen molar-refractivity contribution in [2.45, 2.75) is 31.7 Å². The maximum atomic E-state index is 12.5. The molecule has 1 aliphatic carbocycles. The number of carboxylic acid groups (broad SMARTS) is 1. The monoisotopic (exact) mass is 394 g/mol. The average Bonchev–Trinajstić information content (AvgIpc) is 3.15. The summed E-state index contributed by atoms with van der Waals surface area (Å²) in [6.07, 6.45) is 2.01. The van der Waals surface area contributed by atoms with Gasteiger partial charge < -0.3 is 15.3 Å². The number of carboxylic acids is 1. The summed E-state index contributed by atoms with van der Waals surface area (Å²) in [6, 6.07) is 6.96. The molecule has 0 radical (unpaired) electrons. The zero-order valence-corrected chi connectivity index (χ0v) is 14.7. The SMILES string of the molecule is O=C(O)[C@@H]1CC[C@H](C(=O)NC2CCN(c3cccc(Br)c3)C2=O)C1. The molecule has 1 aliphatic heterocycles. The van der Waals surface area contributed by atoms with Gasteiger partial charge in [0.1, 0.15) is 6.04 Å². The van der Waals surface area contributed by atoms with E-state index in [-0.39, 0.29) is 17.7 Å². The first-order valence-corrected chi connectivity index (χ1v) is 8.85. The summed E-state index contributed by atoms with van der Waals surface area (Å²) in [5, 5.41) is 11.8. The van der Waals surface area contributed by atoms with E-state index in [2.05, 4.69) is 21.2 Å². The van der Waals surface area contributed by atoms with Gasteiger partial charge in [0.2, 0.25) is 11.8 Å². The Morgan fingerprint density at radius 2 is 1.96 bits per heavy atom. The average molecular weight is 395 g/mol. The van der Waals surface area contributed by atoms with Crippen LogP contribution in [0.1, 0.15) is 25.7 Å². The van der Waals surface area contributed by atoms with E-state index < -0.39 is 17.9 Å². The Bertz CT molecular complexity index is 678. The van der Waals surface area contributed by atoms with Crippen LogP contribution in [0, 0.1) is 11.8 Å². The minimum absolute atomic E-state index is 0.116. The summed E-state index contributed by atoms with van der Waals surface area (Å²) >= 11 is 3.39. The molecule has 1 aromatic carbocycles. The Labute approximate surface area is 148 Å². The fraction of sp³-hybridized carbons (Fsp3) is 0.471. The number of hydrogen-bond acceptors (Lipinski definition) is 3. The smallest absolute Gasteiger partial charge is 0.306 e. The van der Waals surface area contributed by atoms with Crippen LogP contribution in [0.15, 0.2) is 28.7 Å². The van der Waals surface area contributed by atoms with Gasteiger partial charge in [0.15, 0.2) is 0 Å². The van der Waals surface area contributed by atoms with Gasteiger partial charge in [-0.1, -0.05) is 22.0 Å². The maximum absolute atomic E-state index is 12.5. The fourth-order valence-corrected chi connectivity index (χ4v) is 3.83. The molecule has 1 heterocycles. The van der Waals surface area contributed by atoms with E-state index in [1.54, 1.807) is 4.90 Å². The van der Waals surface area contributed by atoms with Gasteiger partial charge >= 0.3 is 5.97 Å². The molecule has 2 aliphatic rings. The number of carbonyl (C=O) groups is 3. The number of nitrogens with one attached hydrogen (secondary N) is 1. The Hall–Kier alpha value is -1.89. The van der Waals surface area contributed by atoms with Crippen LogP contribution in [-0.2, 0) is 14.4 Å². The Kier molecular flexibility index (Phi) is 4.89. The topological polar surface area (TPSA) is 86.7 Å². The van der Waals surface area contributed by atoms with E-state index in [9.17, 15) is 14.4 Å². The highest BCUT2D eigenvalue weighted by atomic mass is 79.9. The lowest BCUT2D eigenvalue weighted by molar-refractivity contribution is -0.141. The van der Waals surface area contributed by atoms with Gasteiger partial charge in [-0.15, -0.1) is 0 Å². The van der Waals surface area contributed by atoms with Crippen molar-refractivity contribution >= 4 is 39.4 Å². The van der Waals surface area contributed by atoms with Crippen molar-refractivity contribution < 1.29 is 19.5 Å². The van der Waals surface area contributed by atoms with Crippen LogP contribution < -0.4 is 10.2 Å². The first-order valence-electron chi connectivity index (χ1n) is 8.06. The predicted octanol–water partition coefficient (Wildman–Crippen LogP) is 2.17. The van der Waals surface area contributed by atoms with Gasteiger partial charge in [-0.05, 0) is 43.9 Å². The summed E-state index contributed by atoms with van der Waals surface area (Å²) in [7, 11) is 0. The summed E-state index contributed by atoms with van der Waals surface area (Å²) in [5.74, 6) is -1.91. The number of rotatable bonds is 4. The normalized spacial score (nSPS) is 26.6. The van der Waals surface area contributed by atoms with Gasteiger partial charge in [-0.3, -0.25) is 14.4 Å². The zero-order valence-electron chi connectivity index (χ0n) is 13.1. The molecule has 3 atom stereocenters. The van der Waals surface area contributed by atoms with E-state index in [4.69, 9.17) is 5.11 Å². The van der Waals surface area contributed by atoms with E-state index in [0.29, 0.717) is 32.2 Å². The van der Waals surface area contributed by atoms with E-state index >= 15 is 0 Å². The highest BCUT2D eigenvalue weighted by Crippen LogP contribution is 2.31. The minimum atomic E-state index is -0.844. The Balaban J connectivity index is 1.60. The van der Waals surface area contributed by atoms with Gasteiger partial charge in [-0.2, -0.15) is 0 Å². The first kappa shape index (κ1) is 17.0. The lowest BCUT2D eigenvalue weighted by Gasteiger charge is -2.18. The number of amides is 2. The Morgan fingerprint density at radius 1 is 1.21 bits per heavy atom. The second kappa shape index (κ2) is 6.93. The van der Waals surface area contributed by atoms with Crippen LogP contribution in [0.2, 0.25) is 0 Å². The van der Waals surface area contributed by atoms with Crippen LogP contribution in [0.25, 0.3) is 0 Å². The van der Waals surface area contributed by atoms with E-state index in [1.807, 2.05) is 24.3 Å². The van der Waals surface area contributed by atoms with Gasteiger partial charge in [0, 0.05) is 22.6 Å². The number of hydrogen-bond donors (Lipinski definition) is 2. The molecule has 128 valence electrons. The quantitative estimate of drug-likeness (QED) is 0.818. The van der Waals surface area contributed by atoms with Gasteiger partial charge in [0.25, 0.3) is 0 Å². The zero-order chi connectivity index (χ0) is 17.3. The third-order valence-corrected chi connectivity index (χ3v) is 5.29. The molecule has 0 spiro atoms. The fourth-order valence-electron chi connectivity index (χ4n) is 3.45. The molecular formula is C17H19BrN2O4. The number of benzene rings is 1. The van der Waals surface area contributed by atoms with Crippen LogP contribution >= 0.6 is 15.9 Å². The van der Waals surface area contributed by atoms with Crippen molar-refractivity contribution in [3.05, 3.63) is 28.7 Å². The number of nitrogens with zero attached hydrogens (tertiary/aromatic N) is 1.